The van der Waals surface area contributed by atoms with Crippen LogP contribution < -0.4 is 5.32 Å². The molecule has 0 bridgehead atoms. The Morgan fingerprint density at radius 3 is 3.00 bits per heavy atom. The highest BCUT2D eigenvalue weighted by Gasteiger charge is 2.19. The minimum absolute atomic E-state index is 0.176. The van der Waals surface area contributed by atoms with Crippen LogP contribution in [0.15, 0.2) is 18.2 Å². The first-order valence-corrected chi connectivity index (χ1v) is 5.79. The van der Waals surface area contributed by atoms with E-state index in [1.165, 1.54) is 6.07 Å². The molecule has 0 amide bonds. The van der Waals surface area contributed by atoms with Crippen LogP contribution in [-0.2, 0) is 4.74 Å². The number of aryl methyl sites for hydroxylation is 1. The molecule has 2 atom stereocenters. The maximum absolute atomic E-state index is 13.5. The molecule has 1 aliphatic rings. The van der Waals surface area contributed by atoms with Crippen LogP contribution >= 0.6 is 0 Å². The van der Waals surface area contributed by atoms with E-state index in [9.17, 15) is 4.39 Å². The average Bonchev–Trinajstić information content (AvgIpc) is 2.24. The number of halogens is 1. The van der Waals surface area contributed by atoms with E-state index >= 15 is 0 Å². The second-order valence-corrected chi connectivity index (χ2v) is 4.53. The van der Waals surface area contributed by atoms with Gasteiger partial charge in [-0.05, 0) is 44.4 Å². The van der Waals surface area contributed by atoms with Gasteiger partial charge in [0, 0.05) is 12.6 Å². The molecule has 1 saturated heterocycles. The third-order valence-corrected chi connectivity index (χ3v) is 2.97. The number of anilines is 1. The van der Waals surface area contributed by atoms with Gasteiger partial charge >= 0.3 is 0 Å². The van der Waals surface area contributed by atoms with E-state index in [0.717, 1.165) is 25.0 Å². The van der Waals surface area contributed by atoms with Crippen molar-refractivity contribution in [3.63, 3.8) is 0 Å². The highest BCUT2D eigenvalue weighted by Crippen LogP contribution is 2.21. The summed E-state index contributed by atoms with van der Waals surface area (Å²) in [5.41, 5.74) is 1.68. The zero-order valence-corrected chi connectivity index (χ0v) is 9.79. The van der Waals surface area contributed by atoms with Gasteiger partial charge in [0.15, 0.2) is 0 Å². The summed E-state index contributed by atoms with van der Waals surface area (Å²) in [7, 11) is 0. The molecule has 2 rings (SSSR count). The molecular weight excluding hydrogens is 205 g/mol. The molecule has 16 heavy (non-hydrogen) atoms. The lowest BCUT2D eigenvalue weighted by Crippen LogP contribution is -2.32. The largest absolute Gasteiger partial charge is 0.380 e. The second-order valence-electron chi connectivity index (χ2n) is 4.53. The van der Waals surface area contributed by atoms with E-state index in [1.54, 1.807) is 6.07 Å². The SMILES string of the molecule is Cc1ccc(F)c(NC2CCOC(C)C2)c1. The fourth-order valence-corrected chi connectivity index (χ4v) is 2.10. The highest BCUT2D eigenvalue weighted by molar-refractivity contribution is 5.47. The van der Waals surface area contributed by atoms with Gasteiger partial charge in [0.1, 0.15) is 5.82 Å². The molecule has 1 aromatic rings. The van der Waals surface area contributed by atoms with Crippen molar-refractivity contribution in [1.82, 2.24) is 0 Å². The molecule has 1 aromatic carbocycles. The van der Waals surface area contributed by atoms with Crippen LogP contribution in [0.3, 0.4) is 0 Å². The maximum atomic E-state index is 13.5. The highest BCUT2D eigenvalue weighted by atomic mass is 19.1. The van der Waals surface area contributed by atoms with Gasteiger partial charge in [-0.2, -0.15) is 0 Å². The molecule has 0 spiro atoms. The summed E-state index contributed by atoms with van der Waals surface area (Å²) in [6.45, 7) is 4.78. The van der Waals surface area contributed by atoms with Crippen molar-refractivity contribution < 1.29 is 9.13 Å². The van der Waals surface area contributed by atoms with Crippen molar-refractivity contribution in [1.29, 1.82) is 0 Å². The van der Waals surface area contributed by atoms with Gasteiger partial charge in [-0.25, -0.2) is 4.39 Å². The molecule has 0 saturated carbocycles. The van der Waals surface area contributed by atoms with Crippen molar-refractivity contribution in [3.8, 4) is 0 Å². The molecule has 2 unspecified atom stereocenters. The Hall–Kier alpha value is -1.09. The Morgan fingerprint density at radius 2 is 2.25 bits per heavy atom. The molecule has 88 valence electrons. The van der Waals surface area contributed by atoms with E-state index in [2.05, 4.69) is 12.2 Å². The van der Waals surface area contributed by atoms with Crippen LogP contribution in [0.2, 0.25) is 0 Å². The topological polar surface area (TPSA) is 21.3 Å². The first-order chi connectivity index (χ1) is 7.65. The smallest absolute Gasteiger partial charge is 0.146 e. The lowest BCUT2D eigenvalue weighted by Gasteiger charge is -2.28. The number of hydrogen-bond donors (Lipinski definition) is 1. The Labute approximate surface area is 95.8 Å². The van der Waals surface area contributed by atoms with Gasteiger partial charge in [-0.1, -0.05) is 6.07 Å². The van der Waals surface area contributed by atoms with Gasteiger partial charge in [-0.3, -0.25) is 0 Å². The predicted molar refractivity (Wildman–Crippen MR) is 63.2 cm³/mol. The molecular formula is C13H18FNO. The normalized spacial score (nSPS) is 25.4. The van der Waals surface area contributed by atoms with Crippen LogP contribution in [-0.4, -0.2) is 18.8 Å². The molecule has 1 heterocycles. The van der Waals surface area contributed by atoms with E-state index in [-0.39, 0.29) is 11.9 Å². The van der Waals surface area contributed by atoms with Gasteiger partial charge in [0.25, 0.3) is 0 Å². The summed E-state index contributed by atoms with van der Waals surface area (Å²) >= 11 is 0. The monoisotopic (exact) mass is 223 g/mol. The maximum Gasteiger partial charge on any atom is 0.146 e. The Balaban J connectivity index is 2.05. The number of hydrogen-bond acceptors (Lipinski definition) is 2. The minimum atomic E-state index is -0.176. The van der Waals surface area contributed by atoms with Crippen LogP contribution in [0.25, 0.3) is 0 Å². The number of ether oxygens (including phenoxy) is 1. The summed E-state index contributed by atoms with van der Waals surface area (Å²) < 4.78 is 19.0. The molecule has 0 radical (unpaired) electrons. The fraction of sp³-hybridized carbons (Fsp3) is 0.538. The van der Waals surface area contributed by atoms with Crippen molar-refractivity contribution in [3.05, 3.63) is 29.6 Å². The first-order valence-electron chi connectivity index (χ1n) is 5.79. The van der Waals surface area contributed by atoms with Crippen molar-refractivity contribution >= 4 is 5.69 Å². The van der Waals surface area contributed by atoms with Crippen molar-refractivity contribution in [2.75, 3.05) is 11.9 Å². The predicted octanol–water partition coefficient (Wildman–Crippen LogP) is 3.11. The number of nitrogens with one attached hydrogen (secondary N) is 1. The molecule has 3 heteroatoms. The average molecular weight is 223 g/mol. The summed E-state index contributed by atoms with van der Waals surface area (Å²) in [4.78, 5) is 0. The lowest BCUT2D eigenvalue weighted by molar-refractivity contribution is 0.0232. The fourth-order valence-electron chi connectivity index (χ4n) is 2.10. The Kier molecular flexibility index (Phi) is 3.44. The third kappa shape index (κ3) is 2.73. The van der Waals surface area contributed by atoms with E-state index in [4.69, 9.17) is 4.74 Å². The number of rotatable bonds is 2. The van der Waals surface area contributed by atoms with Crippen LogP contribution in [0.4, 0.5) is 10.1 Å². The third-order valence-electron chi connectivity index (χ3n) is 2.97. The Bertz CT molecular complexity index is 367. The zero-order valence-electron chi connectivity index (χ0n) is 9.79. The molecule has 1 fully saturated rings. The minimum Gasteiger partial charge on any atom is -0.380 e. The van der Waals surface area contributed by atoms with E-state index < -0.39 is 0 Å². The van der Waals surface area contributed by atoms with Gasteiger partial charge in [-0.15, -0.1) is 0 Å². The van der Waals surface area contributed by atoms with Gasteiger partial charge < -0.3 is 10.1 Å². The Morgan fingerprint density at radius 1 is 1.44 bits per heavy atom. The first kappa shape index (κ1) is 11.4. The standard InChI is InChI=1S/C13H18FNO/c1-9-3-4-12(14)13(7-9)15-11-5-6-16-10(2)8-11/h3-4,7,10-11,15H,5-6,8H2,1-2H3. The quantitative estimate of drug-likeness (QED) is 0.831. The van der Waals surface area contributed by atoms with E-state index in [1.807, 2.05) is 13.0 Å². The summed E-state index contributed by atoms with van der Waals surface area (Å²) in [6, 6.07) is 5.48. The summed E-state index contributed by atoms with van der Waals surface area (Å²) in [5, 5.41) is 3.27. The second kappa shape index (κ2) is 4.83. The molecule has 0 aliphatic carbocycles. The summed E-state index contributed by atoms with van der Waals surface area (Å²) in [6.07, 6.45) is 2.14. The molecule has 1 aliphatic heterocycles. The van der Waals surface area contributed by atoms with Crippen LogP contribution in [0.5, 0.6) is 0 Å². The number of benzene rings is 1. The zero-order chi connectivity index (χ0) is 11.5. The molecule has 1 N–H and O–H groups in total. The molecule has 2 nitrogen and oxygen atoms in total. The van der Waals surface area contributed by atoms with Gasteiger partial charge in [0.05, 0.1) is 11.8 Å². The van der Waals surface area contributed by atoms with Crippen LogP contribution in [0.1, 0.15) is 25.3 Å². The van der Waals surface area contributed by atoms with Crippen molar-refractivity contribution in [2.24, 2.45) is 0 Å². The van der Waals surface area contributed by atoms with Crippen molar-refractivity contribution in [2.45, 2.75) is 38.8 Å². The van der Waals surface area contributed by atoms with Crippen LogP contribution in [0, 0.1) is 12.7 Å². The van der Waals surface area contributed by atoms with E-state index in [0.29, 0.717) is 11.7 Å². The molecule has 0 aromatic heterocycles. The lowest BCUT2D eigenvalue weighted by atomic mass is 10.0. The van der Waals surface area contributed by atoms with Gasteiger partial charge in [0.2, 0.25) is 0 Å². The summed E-state index contributed by atoms with van der Waals surface area (Å²) in [5.74, 6) is -0.176.